The Morgan fingerprint density at radius 2 is 2.06 bits per heavy atom. The third-order valence-corrected chi connectivity index (χ3v) is 2.97. The van der Waals surface area contributed by atoms with Gasteiger partial charge >= 0.3 is 0 Å². The van der Waals surface area contributed by atoms with Crippen LogP contribution < -0.4 is 10.1 Å². The molecule has 0 aromatic heterocycles. The standard InChI is InChI=1S/C14H18N2O2/c1-9-8-12(16-13(17)6-5-7-15)10(2)11(3)14(9)18-4/h8H,5-6H2,1-4H3,(H,16,17). The number of hydrogen-bond acceptors (Lipinski definition) is 3. The summed E-state index contributed by atoms with van der Waals surface area (Å²) in [6.45, 7) is 5.85. The second-order valence-electron chi connectivity index (χ2n) is 4.23. The van der Waals surface area contributed by atoms with E-state index in [4.69, 9.17) is 10.00 Å². The summed E-state index contributed by atoms with van der Waals surface area (Å²) in [5, 5.41) is 11.3. The molecule has 0 atom stereocenters. The molecule has 4 nitrogen and oxygen atoms in total. The van der Waals surface area contributed by atoms with Gasteiger partial charge in [-0.3, -0.25) is 4.79 Å². The van der Waals surface area contributed by atoms with E-state index in [1.165, 1.54) is 0 Å². The van der Waals surface area contributed by atoms with Gasteiger partial charge in [-0.15, -0.1) is 0 Å². The van der Waals surface area contributed by atoms with Crippen molar-refractivity contribution < 1.29 is 9.53 Å². The Bertz CT molecular complexity index is 501. The van der Waals surface area contributed by atoms with Crippen molar-refractivity contribution in [1.82, 2.24) is 0 Å². The molecule has 0 heterocycles. The van der Waals surface area contributed by atoms with Crippen LogP contribution in [0.25, 0.3) is 0 Å². The first-order chi connectivity index (χ1) is 8.51. The smallest absolute Gasteiger partial charge is 0.225 e. The highest BCUT2D eigenvalue weighted by Gasteiger charge is 2.12. The zero-order valence-electron chi connectivity index (χ0n) is 11.3. The monoisotopic (exact) mass is 246 g/mol. The fourth-order valence-electron chi connectivity index (χ4n) is 1.88. The first-order valence-corrected chi connectivity index (χ1v) is 5.82. The van der Waals surface area contributed by atoms with Crippen LogP contribution in [0.4, 0.5) is 5.69 Å². The van der Waals surface area contributed by atoms with Crippen LogP contribution >= 0.6 is 0 Å². The molecule has 1 aromatic rings. The molecule has 96 valence electrons. The zero-order valence-corrected chi connectivity index (χ0v) is 11.3. The zero-order chi connectivity index (χ0) is 13.7. The van der Waals surface area contributed by atoms with Crippen molar-refractivity contribution in [1.29, 1.82) is 5.26 Å². The summed E-state index contributed by atoms with van der Waals surface area (Å²) >= 11 is 0. The van der Waals surface area contributed by atoms with Crippen LogP contribution in [-0.2, 0) is 4.79 Å². The number of nitrogens with one attached hydrogen (secondary N) is 1. The highest BCUT2D eigenvalue weighted by Crippen LogP contribution is 2.31. The summed E-state index contributed by atoms with van der Waals surface area (Å²) in [5.41, 5.74) is 3.78. The molecular formula is C14H18N2O2. The average molecular weight is 246 g/mol. The summed E-state index contributed by atoms with van der Waals surface area (Å²) in [5.74, 6) is 0.714. The third kappa shape index (κ3) is 3.01. The maximum absolute atomic E-state index is 11.6. The van der Waals surface area contributed by atoms with Gasteiger partial charge in [0.25, 0.3) is 0 Å². The molecule has 0 saturated heterocycles. The molecule has 0 aliphatic heterocycles. The van der Waals surface area contributed by atoms with Crippen molar-refractivity contribution in [2.75, 3.05) is 12.4 Å². The molecule has 0 aliphatic rings. The molecule has 0 unspecified atom stereocenters. The highest BCUT2D eigenvalue weighted by atomic mass is 16.5. The Kier molecular flexibility index (Phi) is 4.73. The number of amides is 1. The lowest BCUT2D eigenvalue weighted by molar-refractivity contribution is -0.116. The fraction of sp³-hybridized carbons (Fsp3) is 0.429. The predicted molar refractivity (Wildman–Crippen MR) is 70.7 cm³/mol. The van der Waals surface area contributed by atoms with E-state index in [-0.39, 0.29) is 18.7 Å². The average Bonchev–Trinajstić information content (AvgIpc) is 2.33. The molecule has 0 saturated carbocycles. The van der Waals surface area contributed by atoms with Crippen molar-refractivity contribution in [2.24, 2.45) is 0 Å². The molecule has 0 spiro atoms. The molecule has 0 aliphatic carbocycles. The summed E-state index contributed by atoms with van der Waals surface area (Å²) in [6.07, 6.45) is 0.457. The number of ether oxygens (including phenoxy) is 1. The molecule has 1 aromatic carbocycles. The minimum atomic E-state index is -0.136. The van der Waals surface area contributed by atoms with E-state index in [0.29, 0.717) is 0 Å². The maximum atomic E-state index is 11.6. The lowest BCUT2D eigenvalue weighted by Crippen LogP contribution is -2.12. The van der Waals surface area contributed by atoms with Crippen LogP contribution in [0.3, 0.4) is 0 Å². The quantitative estimate of drug-likeness (QED) is 0.888. The number of hydrogen-bond donors (Lipinski definition) is 1. The minimum Gasteiger partial charge on any atom is -0.496 e. The molecule has 0 bridgehead atoms. The topological polar surface area (TPSA) is 62.1 Å². The fourth-order valence-corrected chi connectivity index (χ4v) is 1.88. The van der Waals surface area contributed by atoms with E-state index in [1.807, 2.05) is 32.9 Å². The Morgan fingerprint density at radius 3 is 2.61 bits per heavy atom. The van der Waals surface area contributed by atoms with Gasteiger partial charge in [-0.05, 0) is 43.5 Å². The minimum absolute atomic E-state index is 0.136. The number of benzene rings is 1. The van der Waals surface area contributed by atoms with Gasteiger partial charge in [0.2, 0.25) is 5.91 Å². The Hall–Kier alpha value is -2.02. The van der Waals surface area contributed by atoms with Crippen molar-refractivity contribution in [2.45, 2.75) is 33.6 Å². The molecule has 18 heavy (non-hydrogen) atoms. The number of carbonyl (C=O) groups excluding carboxylic acids is 1. The van der Waals surface area contributed by atoms with Crippen LogP contribution in [-0.4, -0.2) is 13.0 Å². The maximum Gasteiger partial charge on any atom is 0.225 e. The van der Waals surface area contributed by atoms with Gasteiger partial charge < -0.3 is 10.1 Å². The molecule has 1 rings (SSSR count). The third-order valence-electron chi connectivity index (χ3n) is 2.97. The number of methoxy groups -OCH3 is 1. The molecule has 1 amide bonds. The predicted octanol–water partition coefficient (Wildman–Crippen LogP) is 2.86. The second-order valence-corrected chi connectivity index (χ2v) is 4.23. The van der Waals surface area contributed by atoms with Gasteiger partial charge in [0.05, 0.1) is 13.2 Å². The largest absolute Gasteiger partial charge is 0.496 e. The number of rotatable bonds is 4. The van der Waals surface area contributed by atoms with Crippen LogP contribution in [0.5, 0.6) is 5.75 Å². The summed E-state index contributed by atoms with van der Waals surface area (Å²) in [6, 6.07) is 3.85. The number of nitriles is 1. The first kappa shape index (κ1) is 14.0. The Balaban J connectivity index is 2.98. The second kappa shape index (κ2) is 6.06. The Labute approximate surface area is 108 Å². The number of nitrogens with zero attached hydrogens (tertiary/aromatic N) is 1. The number of aryl methyl sites for hydroxylation is 1. The van der Waals surface area contributed by atoms with Gasteiger partial charge in [0.15, 0.2) is 0 Å². The highest BCUT2D eigenvalue weighted by molar-refractivity contribution is 5.92. The van der Waals surface area contributed by atoms with Gasteiger partial charge in [-0.1, -0.05) is 0 Å². The molecular weight excluding hydrogens is 228 g/mol. The molecule has 1 N–H and O–H groups in total. The molecule has 0 fully saturated rings. The van der Waals surface area contributed by atoms with Gasteiger partial charge in [0, 0.05) is 18.5 Å². The van der Waals surface area contributed by atoms with E-state index in [1.54, 1.807) is 7.11 Å². The van der Waals surface area contributed by atoms with Gasteiger partial charge in [0.1, 0.15) is 5.75 Å². The van der Waals surface area contributed by atoms with Gasteiger partial charge in [-0.2, -0.15) is 5.26 Å². The molecule has 0 radical (unpaired) electrons. The lowest BCUT2D eigenvalue weighted by atomic mass is 10.0. The van der Waals surface area contributed by atoms with E-state index >= 15 is 0 Å². The van der Waals surface area contributed by atoms with Crippen molar-refractivity contribution in [3.63, 3.8) is 0 Å². The van der Waals surface area contributed by atoms with Gasteiger partial charge in [-0.25, -0.2) is 0 Å². The van der Waals surface area contributed by atoms with Crippen molar-refractivity contribution in [3.8, 4) is 11.8 Å². The van der Waals surface area contributed by atoms with Crippen molar-refractivity contribution in [3.05, 3.63) is 22.8 Å². The summed E-state index contributed by atoms with van der Waals surface area (Å²) in [7, 11) is 1.64. The van der Waals surface area contributed by atoms with Crippen molar-refractivity contribution >= 4 is 11.6 Å². The van der Waals surface area contributed by atoms with E-state index < -0.39 is 0 Å². The SMILES string of the molecule is COc1c(C)cc(NC(=O)CCC#N)c(C)c1C. The first-order valence-electron chi connectivity index (χ1n) is 5.82. The normalized spacial score (nSPS) is 9.72. The number of anilines is 1. The Morgan fingerprint density at radius 1 is 1.39 bits per heavy atom. The molecule has 4 heteroatoms. The van der Waals surface area contributed by atoms with Crippen LogP contribution in [0, 0.1) is 32.1 Å². The summed E-state index contributed by atoms with van der Waals surface area (Å²) in [4.78, 5) is 11.6. The lowest BCUT2D eigenvalue weighted by Gasteiger charge is -2.16. The van der Waals surface area contributed by atoms with E-state index in [0.717, 1.165) is 28.1 Å². The van der Waals surface area contributed by atoms with Crippen LogP contribution in [0.1, 0.15) is 29.5 Å². The van der Waals surface area contributed by atoms with Crippen LogP contribution in [0.2, 0.25) is 0 Å². The van der Waals surface area contributed by atoms with E-state index in [9.17, 15) is 4.79 Å². The summed E-state index contributed by atoms with van der Waals surface area (Å²) < 4.78 is 5.33. The van der Waals surface area contributed by atoms with E-state index in [2.05, 4.69) is 5.32 Å². The number of carbonyl (C=O) groups is 1. The van der Waals surface area contributed by atoms with Crippen LogP contribution in [0.15, 0.2) is 6.07 Å².